The molecular formula is C16H20N4O. The maximum atomic E-state index is 12.1. The van der Waals surface area contributed by atoms with Crippen molar-refractivity contribution in [3.63, 3.8) is 0 Å². The van der Waals surface area contributed by atoms with E-state index in [1.807, 2.05) is 29.1 Å². The molecule has 2 aromatic rings. The molecule has 2 heterocycles. The second-order valence-corrected chi connectivity index (χ2v) is 5.34. The van der Waals surface area contributed by atoms with E-state index in [-0.39, 0.29) is 11.9 Å². The predicted octanol–water partition coefficient (Wildman–Crippen LogP) is 1.30. The molecule has 2 N–H and O–H groups in total. The van der Waals surface area contributed by atoms with Crippen molar-refractivity contribution in [2.75, 3.05) is 6.54 Å². The summed E-state index contributed by atoms with van der Waals surface area (Å²) >= 11 is 0. The fourth-order valence-electron chi connectivity index (χ4n) is 2.67. The molecule has 1 aliphatic rings. The molecule has 0 saturated carbocycles. The number of hydrogen-bond acceptors (Lipinski definition) is 3. The van der Waals surface area contributed by atoms with Crippen molar-refractivity contribution in [3.05, 3.63) is 53.9 Å². The summed E-state index contributed by atoms with van der Waals surface area (Å²) in [6.45, 7) is 2.23. The van der Waals surface area contributed by atoms with Gasteiger partial charge in [0.05, 0.1) is 12.6 Å². The zero-order valence-electron chi connectivity index (χ0n) is 12.0. The average Bonchev–Trinajstić information content (AvgIpc) is 3.19. The molecule has 1 aromatic carbocycles. The quantitative estimate of drug-likeness (QED) is 0.870. The summed E-state index contributed by atoms with van der Waals surface area (Å²) in [4.78, 5) is 12.1. The summed E-state index contributed by atoms with van der Waals surface area (Å²) in [6.07, 6.45) is 5.72. The van der Waals surface area contributed by atoms with Gasteiger partial charge in [-0.15, -0.1) is 0 Å². The smallest absolute Gasteiger partial charge is 0.237 e. The van der Waals surface area contributed by atoms with Crippen LogP contribution in [-0.4, -0.2) is 28.3 Å². The van der Waals surface area contributed by atoms with E-state index in [9.17, 15) is 4.79 Å². The van der Waals surface area contributed by atoms with E-state index in [0.29, 0.717) is 6.54 Å². The molecule has 1 aliphatic heterocycles. The molecular weight excluding hydrogens is 264 g/mol. The van der Waals surface area contributed by atoms with Crippen LogP contribution in [0.25, 0.3) is 0 Å². The topological polar surface area (TPSA) is 59.0 Å². The fraction of sp³-hybridized carbons (Fsp3) is 0.375. The van der Waals surface area contributed by atoms with Crippen molar-refractivity contribution >= 4 is 5.91 Å². The standard InChI is InChI=1S/C16H20N4O/c21-16(15-7-3-8-17-15)18-11-13-5-1-2-6-14(13)12-20-10-4-9-19-20/h1-2,4-6,9-10,15,17H,3,7-8,11-12H2,(H,18,21). The first-order valence-corrected chi connectivity index (χ1v) is 7.38. The van der Waals surface area contributed by atoms with Crippen molar-refractivity contribution in [1.82, 2.24) is 20.4 Å². The molecule has 5 heteroatoms. The van der Waals surface area contributed by atoms with Crippen LogP contribution in [0.2, 0.25) is 0 Å². The lowest BCUT2D eigenvalue weighted by Crippen LogP contribution is -2.40. The Balaban J connectivity index is 1.63. The molecule has 1 fully saturated rings. The third-order valence-corrected chi connectivity index (χ3v) is 3.84. The highest BCUT2D eigenvalue weighted by molar-refractivity contribution is 5.82. The van der Waals surface area contributed by atoms with Gasteiger partial charge in [-0.05, 0) is 36.6 Å². The Kier molecular flexibility index (Phi) is 4.31. The number of carbonyl (C=O) groups is 1. The molecule has 1 amide bonds. The highest BCUT2D eigenvalue weighted by Crippen LogP contribution is 2.11. The molecule has 0 bridgehead atoms. The van der Waals surface area contributed by atoms with Crippen LogP contribution in [0.15, 0.2) is 42.7 Å². The Morgan fingerprint density at radius 1 is 1.33 bits per heavy atom. The number of hydrogen-bond donors (Lipinski definition) is 2. The van der Waals surface area contributed by atoms with E-state index in [1.165, 1.54) is 5.56 Å². The summed E-state index contributed by atoms with van der Waals surface area (Å²) in [5.41, 5.74) is 2.32. The molecule has 0 spiro atoms. The van der Waals surface area contributed by atoms with Gasteiger partial charge in [0.1, 0.15) is 0 Å². The van der Waals surface area contributed by atoms with E-state index < -0.39 is 0 Å². The molecule has 5 nitrogen and oxygen atoms in total. The minimum atomic E-state index is -0.0247. The Hall–Kier alpha value is -2.14. The van der Waals surface area contributed by atoms with E-state index in [0.717, 1.165) is 31.5 Å². The SMILES string of the molecule is O=C(NCc1ccccc1Cn1cccn1)C1CCCN1. The number of aromatic nitrogens is 2. The first kappa shape index (κ1) is 13.8. The third kappa shape index (κ3) is 3.49. The van der Waals surface area contributed by atoms with Gasteiger partial charge in [0.15, 0.2) is 0 Å². The highest BCUT2D eigenvalue weighted by Gasteiger charge is 2.21. The van der Waals surface area contributed by atoms with Gasteiger partial charge in [-0.25, -0.2) is 0 Å². The van der Waals surface area contributed by atoms with Gasteiger partial charge in [0.25, 0.3) is 0 Å². The first-order valence-electron chi connectivity index (χ1n) is 7.38. The Labute approximate surface area is 124 Å². The number of rotatable bonds is 5. The number of benzene rings is 1. The van der Waals surface area contributed by atoms with Crippen LogP contribution in [0.1, 0.15) is 24.0 Å². The lowest BCUT2D eigenvalue weighted by molar-refractivity contribution is -0.122. The Bertz CT molecular complexity index is 588. The van der Waals surface area contributed by atoms with Crippen LogP contribution >= 0.6 is 0 Å². The largest absolute Gasteiger partial charge is 0.351 e. The van der Waals surface area contributed by atoms with Crippen LogP contribution < -0.4 is 10.6 Å². The van der Waals surface area contributed by atoms with Crippen LogP contribution in [0, 0.1) is 0 Å². The summed E-state index contributed by atoms with van der Waals surface area (Å²) < 4.78 is 1.89. The highest BCUT2D eigenvalue weighted by atomic mass is 16.2. The molecule has 1 saturated heterocycles. The molecule has 1 aromatic heterocycles. The Morgan fingerprint density at radius 3 is 2.90 bits per heavy atom. The van der Waals surface area contributed by atoms with Crippen LogP contribution in [0.3, 0.4) is 0 Å². The van der Waals surface area contributed by atoms with Crippen LogP contribution in [0.4, 0.5) is 0 Å². The van der Waals surface area contributed by atoms with E-state index >= 15 is 0 Å². The van der Waals surface area contributed by atoms with Crippen LogP contribution in [-0.2, 0) is 17.9 Å². The Morgan fingerprint density at radius 2 is 2.19 bits per heavy atom. The number of nitrogens with one attached hydrogen (secondary N) is 2. The molecule has 3 rings (SSSR count). The summed E-state index contributed by atoms with van der Waals surface area (Å²) in [7, 11) is 0. The zero-order valence-corrected chi connectivity index (χ0v) is 12.0. The van der Waals surface area contributed by atoms with Crippen molar-refractivity contribution in [1.29, 1.82) is 0 Å². The van der Waals surface area contributed by atoms with E-state index in [2.05, 4.69) is 27.9 Å². The van der Waals surface area contributed by atoms with Crippen LogP contribution in [0.5, 0.6) is 0 Å². The second kappa shape index (κ2) is 6.54. The number of amides is 1. The van der Waals surface area contributed by atoms with Gasteiger partial charge in [-0.1, -0.05) is 24.3 Å². The van der Waals surface area contributed by atoms with Crippen molar-refractivity contribution < 1.29 is 4.79 Å². The third-order valence-electron chi connectivity index (χ3n) is 3.84. The normalized spacial score (nSPS) is 17.8. The summed E-state index contributed by atoms with van der Waals surface area (Å²) in [6, 6.07) is 10.0. The van der Waals surface area contributed by atoms with Crippen molar-refractivity contribution in [2.24, 2.45) is 0 Å². The zero-order chi connectivity index (χ0) is 14.5. The van der Waals surface area contributed by atoms with Crippen molar-refractivity contribution in [3.8, 4) is 0 Å². The number of carbonyl (C=O) groups excluding carboxylic acids is 1. The van der Waals surface area contributed by atoms with E-state index in [1.54, 1.807) is 6.20 Å². The maximum absolute atomic E-state index is 12.1. The predicted molar refractivity (Wildman–Crippen MR) is 80.6 cm³/mol. The molecule has 0 radical (unpaired) electrons. The molecule has 21 heavy (non-hydrogen) atoms. The monoisotopic (exact) mass is 284 g/mol. The minimum Gasteiger partial charge on any atom is -0.351 e. The minimum absolute atomic E-state index is 0.0247. The lowest BCUT2D eigenvalue weighted by atomic mass is 10.1. The summed E-state index contributed by atoms with van der Waals surface area (Å²) in [5.74, 6) is 0.0985. The van der Waals surface area contributed by atoms with Gasteiger partial charge in [0, 0.05) is 18.9 Å². The summed E-state index contributed by atoms with van der Waals surface area (Å²) in [5, 5.41) is 10.5. The lowest BCUT2D eigenvalue weighted by Gasteiger charge is -2.13. The molecule has 1 unspecified atom stereocenters. The second-order valence-electron chi connectivity index (χ2n) is 5.34. The molecule has 0 aliphatic carbocycles. The maximum Gasteiger partial charge on any atom is 0.237 e. The van der Waals surface area contributed by atoms with E-state index in [4.69, 9.17) is 0 Å². The molecule has 110 valence electrons. The van der Waals surface area contributed by atoms with Gasteiger partial charge in [-0.3, -0.25) is 9.48 Å². The number of nitrogens with zero attached hydrogens (tertiary/aromatic N) is 2. The van der Waals surface area contributed by atoms with Gasteiger partial charge in [0.2, 0.25) is 5.91 Å². The molecule has 1 atom stereocenters. The average molecular weight is 284 g/mol. The van der Waals surface area contributed by atoms with Gasteiger partial charge in [-0.2, -0.15) is 5.10 Å². The fourth-order valence-corrected chi connectivity index (χ4v) is 2.67. The van der Waals surface area contributed by atoms with Crippen molar-refractivity contribution in [2.45, 2.75) is 32.0 Å². The first-order chi connectivity index (χ1) is 10.3. The van der Waals surface area contributed by atoms with Gasteiger partial charge < -0.3 is 10.6 Å². The van der Waals surface area contributed by atoms with Gasteiger partial charge >= 0.3 is 0 Å².